The second kappa shape index (κ2) is 12.0. The number of aromatic nitrogens is 4. The Morgan fingerprint density at radius 3 is 1.58 bits per heavy atom. The van der Waals surface area contributed by atoms with E-state index in [1.165, 1.54) is 22.3 Å². The van der Waals surface area contributed by atoms with E-state index < -0.39 is 0 Å². The van der Waals surface area contributed by atoms with Crippen molar-refractivity contribution < 1.29 is 14.2 Å². The molecular weight excluding hydrogens is 767 g/mol. The van der Waals surface area contributed by atoms with Crippen LogP contribution in [0, 0.1) is 0 Å². The summed E-state index contributed by atoms with van der Waals surface area (Å²) in [4.78, 5) is 17.8. The van der Waals surface area contributed by atoms with E-state index in [0.29, 0.717) is 17.6 Å². The smallest absolute Gasteiger partial charge is 0.238 e. The summed E-state index contributed by atoms with van der Waals surface area (Å²) in [5, 5.41) is 2.19. The van der Waals surface area contributed by atoms with Crippen LogP contribution in [0.5, 0.6) is 34.5 Å². The van der Waals surface area contributed by atoms with E-state index in [1.807, 2.05) is 97.1 Å². The largest absolute Gasteiger partial charge is 0.453 e. The lowest BCUT2D eigenvalue weighted by molar-refractivity contribution is 0.418. The molecule has 5 heterocycles. The minimum absolute atomic E-state index is 0.209. The Balaban J connectivity index is 1.02. The standard InChI is InChI=1S/C54H33N5O3/c1-54(2)38-18-10-9-17-34(38)35-28-37-36-25-32(33-26-46-50-47(27-33)62-45-22-12-20-43-49(45)59(50)48-42(60-43)19-11-21-44(48)61-46)23-24-40(36)58(41(37)29-39(35)54)53-56-51(30-13-5-3-6-14-30)55-52(57-53)31-15-7-4-8-16-31/h3-29H,1-2H3. The maximum absolute atomic E-state index is 6.70. The monoisotopic (exact) mass is 799 g/mol. The Labute approximate surface area is 355 Å². The molecule has 0 spiro atoms. The molecule has 3 aliphatic heterocycles. The average molecular weight is 800 g/mol. The van der Waals surface area contributed by atoms with Gasteiger partial charge in [-0.1, -0.05) is 117 Å². The molecule has 62 heavy (non-hydrogen) atoms. The molecular formula is C54H33N5O3. The van der Waals surface area contributed by atoms with Crippen molar-refractivity contribution >= 4 is 38.9 Å². The summed E-state index contributed by atoms with van der Waals surface area (Å²) in [6.45, 7) is 4.64. The summed E-state index contributed by atoms with van der Waals surface area (Å²) in [6, 6.07) is 56.6. The highest BCUT2D eigenvalue weighted by atomic mass is 16.5. The number of anilines is 3. The van der Waals surface area contributed by atoms with Crippen molar-refractivity contribution in [3.8, 4) is 85.5 Å². The quantitative estimate of drug-likeness (QED) is 0.175. The van der Waals surface area contributed by atoms with Gasteiger partial charge in [0.25, 0.3) is 0 Å². The number of benzene rings is 8. The lowest BCUT2D eigenvalue weighted by atomic mass is 9.82. The minimum atomic E-state index is -0.209. The minimum Gasteiger partial charge on any atom is -0.453 e. The zero-order chi connectivity index (χ0) is 40.8. The average Bonchev–Trinajstić information content (AvgIpc) is 3.75. The second-order valence-electron chi connectivity index (χ2n) is 16.8. The number of nitrogens with zero attached hydrogens (tertiary/aromatic N) is 5. The number of rotatable bonds is 4. The molecule has 0 fully saturated rings. The van der Waals surface area contributed by atoms with E-state index in [2.05, 4.69) is 90.0 Å². The van der Waals surface area contributed by atoms with Crippen LogP contribution in [-0.4, -0.2) is 19.5 Å². The molecule has 0 bridgehead atoms. The first-order valence-corrected chi connectivity index (χ1v) is 20.8. The van der Waals surface area contributed by atoms with Crippen molar-refractivity contribution in [3.05, 3.63) is 175 Å². The Kier molecular flexibility index (Phi) is 6.48. The molecule has 0 amide bonds. The van der Waals surface area contributed by atoms with Gasteiger partial charge in [0.1, 0.15) is 17.1 Å². The van der Waals surface area contributed by atoms with Crippen molar-refractivity contribution in [1.29, 1.82) is 0 Å². The highest BCUT2D eigenvalue weighted by Gasteiger charge is 2.42. The molecule has 0 radical (unpaired) electrons. The van der Waals surface area contributed by atoms with E-state index in [1.54, 1.807) is 0 Å². The third-order valence-electron chi connectivity index (χ3n) is 13.0. The summed E-state index contributed by atoms with van der Waals surface area (Å²) >= 11 is 0. The first-order chi connectivity index (χ1) is 30.5. The molecule has 14 rings (SSSR count). The highest BCUT2D eigenvalue weighted by Crippen LogP contribution is 2.67. The Morgan fingerprint density at radius 2 is 0.952 bits per heavy atom. The van der Waals surface area contributed by atoms with Gasteiger partial charge in [-0.3, -0.25) is 9.47 Å². The predicted molar refractivity (Wildman–Crippen MR) is 243 cm³/mol. The van der Waals surface area contributed by atoms with E-state index >= 15 is 0 Å². The molecule has 0 N–H and O–H groups in total. The molecule has 10 aromatic rings. The fourth-order valence-electron chi connectivity index (χ4n) is 10.1. The third-order valence-corrected chi connectivity index (χ3v) is 13.0. The fourth-order valence-corrected chi connectivity index (χ4v) is 10.1. The van der Waals surface area contributed by atoms with Crippen molar-refractivity contribution in [2.75, 3.05) is 4.90 Å². The highest BCUT2D eigenvalue weighted by molar-refractivity contribution is 6.13. The molecule has 8 nitrogen and oxygen atoms in total. The van der Waals surface area contributed by atoms with Crippen LogP contribution in [0.1, 0.15) is 25.0 Å². The van der Waals surface area contributed by atoms with Crippen LogP contribution in [-0.2, 0) is 5.41 Å². The van der Waals surface area contributed by atoms with Crippen LogP contribution >= 0.6 is 0 Å². The Hall–Kier alpha value is -8.23. The van der Waals surface area contributed by atoms with Crippen LogP contribution in [0.3, 0.4) is 0 Å². The van der Waals surface area contributed by atoms with Gasteiger partial charge in [0.2, 0.25) is 5.95 Å². The molecule has 2 aromatic heterocycles. The van der Waals surface area contributed by atoms with Crippen LogP contribution in [0.25, 0.3) is 72.8 Å². The Bertz CT molecular complexity index is 3460. The van der Waals surface area contributed by atoms with Crippen LogP contribution < -0.4 is 19.1 Å². The summed E-state index contributed by atoms with van der Waals surface area (Å²) in [6.07, 6.45) is 0. The second-order valence-corrected chi connectivity index (χ2v) is 16.8. The molecule has 1 aliphatic carbocycles. The molecule has 292 valence electrons. The van der Waals surface area contributed by atoms with Crippen molar-refractivity contribution in [2.24, 2.45) is 0 Å². The van der Waals surface area contributed by atoms with Crippen LogP contribution in [0.15, 0.2) is 164 Å². The first kappa shape index (κ1) is 33.6. The normalized spacial score (nSPS) is 14.1. The lowest BCUT2D eigenvalue weighted by Crippen LogP contribution is -2.23. The van der Waals surface area contributed by atoms with Gasteiger partial charge in [-0.05, 0) is 94.0 Å². The molecule has 0 atom stereocenters. The number of fused-ring (bicyclic) bond motifs is 6. The van der Waals surface area contributed by atoms with Gasteiger partial charge in [-0.25, -0.2) is 4.98 Å². The topological polar surface area (TPSA) is 74.5 Å². The number of hydrogen-bond donors (Lipinski definition) is 0. The van der Waals surface area contributed by atoms with Crippen LogP contribution in [0.4, 0.5) is 17.1 Å². The summed E-state index contributed by atoms with van der Waals surface area (Å²) in [5.74, 6) is 6.18. The first-order valence-electron chi connectivity index (χ1n) is 20.8. The van der Waals surface area contributed by atoms with Gasteiger partial charge >= 0.3 is 0 Å². The van der Waals surface area contributed by atoms with E-state index in [0.717, 1.165) is 95.6 Å². The Morgan fingerprint density at radius 1 is 0.403 bits per heavy atom. The zero-order valence-corrected chi connectivity index (χ0v) is 33.5. The number of para-hydroxylation sites is 2. The van der Waals surface area contributed by atoms with E-state index in [4.69, 9.17) is 29.2 Å². The van der Waals surface area contributed by atoms with Gasteiger partial charge in [-0.15, -0.1) is 0 Å². The predicted octanol–water partition coefficient (Wildman–Crippen LogP) is 14.1. The SMILES string of the molecule is CC1(C)c2ccccc2-c2cc3c4cc(-c5cc6c7c(c5)Oc5cccc8c5N7c5c(cccc5O6)O8)ccc4n(-c4nc(-c5ccccc5)nc(-c5ccccc5)n4)c3cc21. The summed E-state index contributed by atoms with van der Waals surface area (Å²) < 4.78 is 22.0. The molecule has 8 aromatic carbocycles. The van der Waals surface area contributed by atoms with Crippen molar-refractivity contribution in [3.63, 3.8) is 0 Å². The summed E-state index contributed by atoms with van der Waals surface area (Å²) in [7, 11) is 0. The van der Waals surface area contributed by atoms with Crippen LogP contribution in [0.2, 0.25) is 0 Å². The van der Waals surface area contributed by atoms with Crippen molar-refractivity contribution in [2.45, 2.75) is 19.3 Å². The van der Waals surface area contributed by atoms with Gasteiger partial charge in [-0.2, -0.15) is 9.97 Å². The molecule has 0 saturated carbocycles. The zero-order valence-electron chi connectivity index (χ0n) is 33.5. The third kappa shape index (κ3) is 4.52. The molecule has 0 unspecified atom stereocenters. The fraction of sp³-hybridized carbons (Fsp3) is 0.0556. The number of hydrogen-bond acceptors (Lipinski definition) is 7. The molecule has 0 saturated heterocycles. The van der Waals surface area contributed by atoms with Gasteiger partial charge < -0.3 is 14.2 Å². The molecule has 8 heteroatoms. The summed E-state index contributed by atoms with van der Waals surface area (Å²) in [5.41, 5.74) is 13.4. The van der Waals surface area contributed by atoms with Gasteiger partial charge in [0.05, 0.1) is 11.0 Å². The maximum atomic E-state index is 6.70. The van der Waals surface area contributed by atoms with E-state index in [9.17, 15) is 0 Å². The maximum Gasteiger partial charge on any atom is 0.238 e. The van der Waals surface area contributed by atoms with E-state index in [-0.39, 0.29) is 5.41 Å². The number of ether oxygens (including phenoxy) is 3. The van der Waals surface area contributed by atoms with Gasteiger partial charge in [0.15, 0.2) is 46.1 Å². The molecule has 4 aliphatic rings. The lowest BCUT2D eigenvalue weighted by Gasteiger charge is -2.41. The van der Waals surface area contributed by atoms with Gasteiger partial charge in [0, 0.05) is 27.3 Å². The van der Waals surface area contributed by atoms with Crippen molar-refractivity contribution in [1.82, 2.24) is 19.5 Å².